The van der Waals surface area contributed by atoms with E-state index in [1.54, 1.807) is 6.20 Å². The third-order valence-corrected chi connectivity index (χ3v) is 5.87. The lowest BCUT2D eigenvalue weighted by molar-refractivity contribution is -0.141. The van der Waals surface area contributed by atoms with E-state index in [0.29, 0.717) is 10.9 Å². The zero-order valence-electron chi connectivity index (χ0n) is 18.1. The number of nitrogens with one attached hydrogen (secondary N) is 2. The SMILES string of the molecule is O=C(Nc1ccc(C(F)(F)F)nc1)c1n[nH]c2ccc(-c3cncc(N4CCCCC4)c3)cc12. The van der Waals surface area contributed by atoms with Gasteiger partial charge in [0.15, 0.2) is 5.69 Å². The van der Waals surface area contributed by atoms with Crippen molar-refractivity contribution < 1.29 is 18.0 Å². The van der Waals surface area contributed by atoms with E-state index in [0.717, 1.165) is 61.1 Å². The van der Waals surface area contributed by atoms with Crippen LogP contribution in [0.2, 0.25) is 0 Å². The first-order chi connectivity index (χ1) is 16.4. The van der Waals surface area contributed by atoms with Crippen molar-refractivity contribution in [1.82, 2.24) is 20.2 Å². The second kappa shape index (κ2) is 8.77. The van der Waals surface area contributed by atoms with Crippen LogP contribution < -0.4 is 10.2 Å². The van der Waals surface area contributed by atoms with E-state index in [2.05, 4.69) is 36.4 Å². The molecule has 0 saturated carbocycles. The molecule has 1 saturated heterocycles. The summed E-state index contributed by atoms with van der Waals surface area (Å²) in [5.74, 6) is -0.551. The van der Waals surface area contributed by atoms with Gasteiger partial charge in [0.25, 0.3) is 5.91 Å². The summed E-state index contributed by atoms with van der Waals surface area (Å²) < 4.78 is 38.2. The monoisotopic (exact) mass is 466 g/mol. The van der Waals surface area contributed by atoms with Gasteiger partial charge < -0.3 is 10.2 Å². The van der Waals surface area contributed by atoms with Gasteiger partial charge in [0.1, 0.15) is 5.69 Å². The van der Waals surface area contributed by atoms with E-state index >= 15 is 0 Å². The Bertz CT molecular complexity index is 1330. The van der Waals surface area contributed by atoms with Crippen molar-refractivity contribution in [3.63, 3.8) is 0 Å². The highest BCUT2D eigenvalue weighted by atomic mass is 19.4. The van der Waals surface area contributed by atoms with Crippen molar-refractivity contribution in [3.8, 4) is 11.1 Å². The highest BCUT2D eigenvalue weighted by Gasteiger charge is 2.32. The molecule has 0 radical (unpaired) electrons. The first-order valence-corrected chi connectivity index (χ1v) is 10.9. The quantitative estimate of drug-likeness (QED) is 0.427. The molecule has 7 nitrogen and oxygen atoms in total. The van der Waals surface area contributed by atoms with Crippen molar-refractivity contribution in [3.05, 3.63) is 66.4 Å². The molecule has 3 aromatic heterocycles. The van der Waals surface area contributed by atoms with Gasteiger partial charge >= 0.3 is 6.18 Å². The number of aromatic amines is 1. The lowest BCUT2D eigenvalue weighted by Gasteiger charge is -2.28. The molecule has 1 aliphatic heterocycles. The number of fused-ring (bicyclic) bond motifs is 1. The maximum Gasteiger partial charge on any atom is 0.433 e. The molecule has 4 heterocycles. The molecule has 1 amide bonds. The van der Waals surface area contributed by atoms with Crippen LogP contribution in [0.5, 0.6) is 0 Å². The maximum atomic E-state index is 12.8. The van der Waals surface area contributed by atoms with E-state index in [9.17, 15) is 18.0 Å². The number of benzene rings is 1. The Morgan fingerprint density at radius 2 is 1.79 bits per heavy atom. The zero-order chi connectivity index (χ0) is 23.7. The molecule has 0 atom stereocenters. The Hall–Kier alpha value is -3.95. The van der Waals surface area contributed by atoms with Crippen LogP contribution in [-0.4, -0.2) is 39.2 Å². The van der Waals surface area contributed by atoms with Gasteiger partial charge in [0.05, 0.1) is 29.3 Å². The standard InChI is InChI=1S/C24H21F3N6O/c25-24(26,27)21-7-5-17(13-29-21)30-23(34)22-19-11-15(4-6-20(19)31-32-22)16-10-18(14-28-12-16)33-8-2-1-3-9-33/h4-7,10-14H,1-3,8-9H2,(H,30,34)(H,31,32). The van der Waals surface area contributed by atoms with Crippen molar-refractivity contribution >= 4 is 28.2 Å². The molecule has 174 valence electrons. The Balaban J connectivity index is 1.40. The molecule has 2 N–H and O–H groups in total. The molecule has 0 spiro atoms. The number of rotatable bonds is 4. The third kappa shape index (κ3) is 4.43. The molecule has 0 bridgehead atoms. The minimum atomic E-state index is -4.54. The summed E-state index contributed by atoms with van der Waals surface area (Å²) in [5.41, 5.74) is 2.79. The number of pyridine rings is 2. The highest BCUT2D eigenvalue weighted by molar-refractivity contribution is 6.11. The third-order valence-electron chi connectivity index (χ3n) is 5.87. The minimum absolute atomic E-state index is 0.136. The zero-order valence-corrected chi connectivity index (χ0v) is 18.1. The van der Waals surface area contributed by atoms with E-state index in [4.69, 9.17) is 0 Å². The molecule has 4 aromatic rings. The molecule has 1 aliphatic rings. The number of H-pyrrole nitrogens is 1. The van der Waals surface area contributed by atoms with Crippen LogP contribution in [0.4, 0.5) is 24.5 Å². The van der Waals surface area contributed by atoms with Gasteiger partial charge in [0, 0.05) is 30.2 Å². The number of hydrogen-bond acceptors (Lipinski definition) is 5. The second-order valence-corrected chi connectivity index (χ2v) is 8.20. The van der Waals surface area contributed by atoms with Gasteiger partial charge in [-0.15, -0.1) is 0 Å². The number of carbonyl (C=O) groups excluding carboxylic acids is 1. The van der Waals surface area contributed by atoms with Crippen LogP contribution in [0.25, 0.3) is 22.0 Å². The number of carbonyl (C=O) groups is 1. The second-order valence-electron chi connectivity index (χ2n) is 8.20. The summed E-state index contributed by atoms with van der Waals surface area (Å²) in [6.45, 7) is 2.02. The molecule has 1 aromatic carbocycles. The number of halogens is 3. The number of aromatic nitrogens is 4. The number of nitrogens with zero attached hydrogens (tertiary/aromatic N) is 4. The van der Waals surface area contributed by atoms with Crippen molar-refractivity contribution in [1.29, 1.82) is 0 Å². The molecule has 34 heavy (non-hydrogen) atoms. The molecular formula is C24H21F3N6O. The Morgan fingerprint density at radius 1 is 0.971 bits per heavy atom. The van der Waals surface area contributed by atoms with E-state index < -0.39 is 17.8 Å². The van der Waals surface area contributed by atoms with Crippen LogP contribution >= 0.6 is 0 Å². The summed E-state index contributed by atoms with van der Waals surface area (Å²) in [6, 6.07) is 9.69. The predicted molar refractivity (Wildman–Crippen MR) is 123 cm³/mol. The summed E-state index contributed by atoms with van der Waals surface area (Å²) >= 11 is 0. The molecular weight excluding hydrogens is 445 g/mol. The van der Waals surface area contributed by atoms with Crippen LogP contribution in [0.1, 0.15) is 35.4 Å². The smallest absolute Gasteiger partial charge is 0.370 e. The van der Waals surface area contributed by atoms with Crippen molar-refractivity contribution in [2.45, 2.75) is 25.4 Å². The van der Waals surface area contributed by atoms with Gasteiger partial charge in [-0.25, -0.2) is 4.98 Å². The summed E-state index contributed by atoms with van der Waals surface area (Å²) in [7, 11) is 0. The predicted octanol–water partition coefficient (Wildman–Crippen LogP) is 5.28. The largest absolute Gasteiger partial charge is 0.433 e. The average Bonchev–Trinajstić information content (AvgIpc) is 3.28. The van der Waals surface area contributed by atoms with Gasteiger partial charge in [0.2, 0.25) is 0 Å². The van der Waals surface area contributed by atoms with Crippen LogP contribution in [0, 0.1) is 0 Å². The van der Waals surface area contributed by atoms with Gasteiger partial charge in [-0.05, 0) is 55.2 Å². The Morgan fingerprint density at radius 3 is 2.53 bits per heavy atom. The van der Waals surface area contributed by atoms with Crippen molar-refractivity contribution in [2.75, 3.05) is 23.3 Å². The fourth-order valence-corrected chi connectivity index (χ4v) is 4.10. The lowest BCUT2D eigenvalue weighted by Crippen LogP contribution is -2.29. The Labute approximate surface area is 193 Å². The van der Waals surface area contributed by atoms with Gasteiger partial charge in [-0.3, -0.25) is 14.9 Å². The van der Waals surface area contributed by atoms with Crippen LogP contribution in [0.3, 0.4) is 0 Å². The Kier molecular flexibility index (Phi) is 5.64. The molecule has 10 heteroatoms. The maximum absolute atomic E-state index is 12.8. The first-order valence-electron chi connectivity index (χ1n) is 10.9. The topological polar surface area (TPSA) is 86.8 Å². The summed E-state index contributed by atoms with van der Waals surface area (Å²) in [4.78, 5) is 22.9. The minimum Gasteiger partial charge on any atom is -0.370 e. The fourth-order valence-electron chi connectivity index (χ4n) is 4.10. The van der Waals surface area contributed by atoms with Crippen molar-refractivity contribution in [2.24, 2.45) is 0 Å². The van der Waals surface area contributed by atoms with Gasteiger partial charge in [-0.2, -0.15) is 18.3 Å². The van der Waals surface area contributed by atoms with Crippen LogP contribution in [-0.2, 0) is 6.18 Å². The summed E-state index contributed by atoms with van der Waals surface area (Å²) in [5, 5.41) is 10.1. The number of anilines is 2. The number of hydrogen-bond donors (Lipinski definition) is 2. The normalized spacial score (nSPS) is 14.4. The molecule has 1 fully saturated rings. The van der Waals surface area contributed by atoms with E-state index in [-0.39, 0.29) is 11.4 Å². The highest BCUT2D eigenvalue weighted by Crippen LogP contribution is 2.30. The summed E-state index contributed by atoms with van der Waals surface area (Å²) in [6.07, 6.45) is 3.64. The molecule has 0 unspecified atom stereocenters. The number of amides is 1. The number of piperidine rings is 1. The fraction of sp³-hybridized carbons (Fsp3) is 0.250. The van der Waals surface area contributed by atoms with Gasteiger partial charge in [-0.1, -0.05) is 6.07 Å². The average molecular weight is 466 g/mol. The molecule has 0 aliphatic carbocycles. The first kappa shape index (κ1) is 21.9. The molecule has 5 rings (SSSR count). The van der Waals surface area contributed by atoms with Crippen LogP contribution in [0.15, 0.2) is 55.0 Å². The van der Waals surface area contributed by atoms with E-state index in [1.165, 1.54) is 6.42 Å². The lowest BCUT2D eigenvalue weighted by atomic mass is 10.0. The number of alkyl halides is 3. The van der Waals surface area contributed by atoms with E-state index in [1.807, 2.05) is 24.4 Å².